The highest BCUT2D eigenvalue weighted by Gasteiger charge is 2.26. The first kappa shape index (κ1) is 12.5. The lowest BCUT2D eigenvalue weighted by Gasteiger charge is -2.25. The number of hydrogen-bond acceptors (Lipinski definition) is 3. The number of pyridine rings is 1. The lowest BCUT2D eigenvalue weighted by Crippen LogP contribution is -2.28. The van der Waals surface area contributed by atoms with Crippen LogP contribution in [0.1, 0.15) is 31.0 Å². The molecule has 0 saturated carbocycles. The number of likely N-dealkylation sites (tertiary alicyclic amines) is 1. The van der Waals surface area contributed by atoms with Crippen LogP contribution in [-0.2, 0) is 4.79 Å². The van der Waals surface area contributed by atoms with Crippen LogP contribution in [0.3, 0.4) is 0 Å². The largest absolute Gasteiger partial charge is 0.481 e. The highest BCUT2D eigenvalue weighted by Crippen LogP contribution is 2.27. The number of aromatic nitrogens is 1. The van der Waals surface area contributed by atoms with Gasteiger partial charge in [-0.3, -0.25) is 14.7 Å². The van der Waals surface area contributed by atoms with Gasteiger partial charge in [0.05, 0.1) is 18.2 Å². The predicted octanol–water partition coefficient (Wildman–Crippen LogP) is 2.46. The highest BCUT2D eigenvalue weighted by molar-refractivity contribution is 9.10. The first-order valence-electron chi connectivity index (χ1n) is 5.74. The average molecular weight is 299 g/mol. The Kier molecular flexibility index (Phi) is 4.12. The van der Waals surface area contributed by atoms with Crippen molar-refractivity contribution in [2.24, 2.45) is 0 Å². The van der Waals surface area contributed by atoms with Crippen LogP contribution in [0.25, 0.3) is 0 Å². The van der Waals surface area contributed by atoms with E-state index in [0.717, 1.165) is 36.1 Å². The molecule has 5 heteroatoms. The zero-order valence-electron chi connectivity index (χ0n) is 9.47. The lowest BCUT2D eigenvalue weighted by atomic mass is 10.1. The van der Waals surface area contributed by atoms with Gasteiger partial charge in [-0.1, -0.05) is 0 Å². The molecule has 1 aromatic heterocycles. The summed E-state index contributed by atoms with van der Waals surface area (Å²) in [5.41, 5.74) is 0.845. The molecule has 92 valence electrons. The lowest BCUT2D eigenvalue weighted by molar-refractivity contribution is -0.138. The Labute approximate surface area is 109 Å². The second-order valence-electron chi connectivity index (χ2n) is 4.26. The number of hydrogen-bond donors (Lipinski definition) is 1. The minimum Gasteiger partial charge on any atom is -0.481 e. The monoisotopic (exact) mass is 298 g/mol. The van der Waals surface area contributed by atoms with Gasteiger partial charge in [0.25, 0.3) is 0 Å². The molecule has 1 atom stereocenters. The van der Waals surface area contributed by atoms with E-state index in [4.69, 9.17) is 5.11 Å². The topological polar surface area (TPSA) is 53.4 Å². The van der Waals surface area contributed by atoms with Crippen LogP contribution in [0, 0.1) is 0 Å². The Morgan fingerprint density at radius 1 is 1.47 bits per heavy atom. The highest BCUT2D eigenvalue weighted by atomic mass is 79.9. The molecule has 1 aliphatic rings. The quantitative estimate of drug-likeness (QED) is 0.928. The molecular weight excluding hydrogens is 284 g/mol. The van der Waals surface area contributed by atoms with E-state index in [1.807, 2.05) is 12.1 Å². The molecule has 1 N–H and O–H groups in total. The number of aliphatic carboxylic acids is 1. The van der Waals surface area contributed by atoms with Crippen molar-refractivity contribution >= 4 is 21.9 Å². The summed E-state index contributed by atoms with van der Waals surface area (Å²) in [7, 11) is 0. The van der Waals surface area contributed by atoms with Crippen LogP contribution in [-0.4, -0.2) is 34.0 Å². The Hall–Kier alpha value is -0.940. The number of rotatable bonds is 4. The molecule has 1 fully saturated rings. The molecule has 4 nitrogen and oxygen atoms in total. The van der Waals surface area contributed by atoms with E-state index in [0.29, 0.717) is 0 Å². The van der Waals surface area contributed by atoms with E-state index >= 15 is 0 Å². The van der Waals surface area contributed by atoms with E-state index in [1.54, 1.807) is 6.20 Å². The number of carbonyl (C=O) groups is 1. The number of nitrogens with zero attached hydrogens (tertiary/aromatic N) is 2. The molecule has 0 radical (unpaired) electrons. The van der Waals surface area contributed by atoms with Gasteiger partial charge in [-0.15, -0.1) is 0 Å². The van der Waals surface area contributed by atoms with Crippen molar-refractivity contribution in [2.75, 3.05) is 13.1 Å². The molecule has 0 spiro atoms. The van der Waals surface area contributed by atoms with Crippen molar-refractivity contribution in [3.05, 3.63) is 28.5 Å². The Balaban J connectivity index is 2.19. The van der Waals surface area contributed by atoms with Crippen molar-refractivity contribution in [3.8, 4) is 0 Å². The molecule has 17 heavy (non-hydrogen) atoms. The number of carboxylic acids is 1. The number of carboxylic acid groups (broad SMARTS) is 1. The maximum Gasteiger partial charge on any atom is 0.305 e. The van der Waals surface area contributed by atoms with Crippen molar-refractivity contribution in [2.45, 2.75) is 25.3 Å². The molecule has 2 heterocycles. The van der Waals surface area contributed by atoms with E-state index < -0.39 is 5.97 Å². The predicted molar refractivity (Wildman–Crippen MR) is 67.7 cm³/mol. The van der Waals surface area contributed by atoms with Gasteiger partial charge in [0.2, 0.25) is 0 Å². The van der Waals surface area contributed by atoms with Gasteiger partial charge in [0.1, 0.15) is 0 Å². The molecule has 1 unspecified atom stereocenters. The summed E-state index contributed by atoms with van der Waals surface area (Å²) in [4.78, 5) is 17.5. The van der Waals surface area contributed by atoms with Crippen LogP contribution in [0.2, 0.25) is 0 Å². The van der Waals surface area contributed by atoms with Gasteiger partial charge in [-0.2, -0.15) is 0 Å². The van der Waals surface area contributed by atoms with Crippen molar-refractivity contribution in [3.63, 3.8) is 0 Å². The SMILES string of the molecule is O=C(O)CC(c1ccc(Br)cn1)N1CCCC1. The molecule has 2 rings (SSSR count). The Bertz CT molecular complexity index is 388. The van der Waals surface area contributed by atoms with E-state index in [2.05, 4.69) is 25.8 Å². The summed E-state index contributed by atoms with van der Waals surface area (Å²) in [6.07, 6.45) is 4.13. The summed E-state index contributed by atoms with van der Waals surface area (Å²) in [6.45, 7) is 1.94. The second kappa shape index (κ2) is 5.60. The molecule has 1 saturated heterocycles. The van der Waals surface area contributed by atoms with Gasteiger partial charge in [0.15, 0.2) is 0 Å². The molecule has 1 aromatic rings. The normalized spacial score (nSPS) is 18.2. The molecule has 0 aromatic carbocycles. The van der Waals surface area contributed by atoms with Crippen LogP contribution in [0.5, 0.6) is 0 Å². The standard InChI is InChI=1S/C12H15BrN2O2/c13-9-3-4-10(14-8-9)11(7-12(16)17)15-5-1-2-6-15/h3-4,8,11H,1-2,5-7H2,(H,16,17). The van der Waals surface area contributed by atoms with E-state index in [-0.39, 0.29) is 12.5 Å². The van der Waals surface area contributed by atoms with Crippen LogP contribution in [0.4, 0.5) is 0 Å². The van der Waals surface area contributed by atoms with Gasteiger partial charge in [-0.25, -0.2) is 0 Å². The second-order valence-corrected chi connectivity index (χ2v) is 5.17. The van der Waals surface area contributed by atoms with Crippen LogP contribution >= 0.6 is 15.9 Å². The summed E-state index contributed by atoms with van der Waals surface area (Å²) in [6, 6.07) is 3.71. The van der Waals surface area contributed by atoms with E-state index in [9.17, 15) is 4.79 Å². The minimum absolute atomic E-state index is 0.0944. The number of halogens is 1. The first-order valence-corrected chi connectivity index (χ1v) is 6.53. The summed E-state index contributed by atoms with van der Waals surface area (Å²) >= 11 is 3.34. The molecule has 0 amide bonds. The van der Waals surface area contributed by atoms with Crippen LogP contribution in [0.15, 0.2) is 22.8 Å². The zero-order chi connectivity index (χ0) is 12.3. The fourth-order valence-corrected chi connectivity index (χ4v) is 2.46. The molecule has 1 aliphatic heterocycles. The maximum absolute atomic E-state index is 10.9. The zero-order valence-corrected chi connectivity index (χ0v) is 11.1. The van der Waals surface area contributed by atoms with Gasteiger partial charge < -0.3 is 5.11 Å². The van der Waals surface area contributed by atoms with Crippen molar-refractivity contribution in [1.82, 2.24) is 9.88 Å². The van der Waals surface area contributed by atoms with Gasteiger partial charge in [-0.05, 0) is 54.0 Å². The first-order chi connectivity index (χ1) is 8.16. The van der Waals surface area contributed by atoms with Crippen molar-refractivity contribution < 1.29 is 9.90 Å². The van der Waals surface area contributed by atoms with Gasteiger partial charge >= 0.3 is 5.97 Å². The molecule has 0 aliphatic carbocycles. The molecule has 0 bridgehead atoms. The summed E-state index contributed by atoms with van der Waals surface area (Å²) in [5.74, 6) is -0.772. The third-order valence-electron chi connectivity index (χ3n) is 3.04. The van der Waals surface area contributed by atoms with Crippen LogP contribution < -0.4 is 0 Å². The minimum atomic E-state index is -0.772. The molecular formula is C12H15BrN2O2. The average Bonchev–Trinajstić information content (AvgIpc) is 2.80. The van der Waals surface area contributed by atoms with Crippen molar-refractivity contribution in [1.29, 1.82) is 0 Å². The smallest absolute Gasteiger partial charge is 0.305 e. The summed E-state index contributed by atoms with van der Waals surface area (Å²) < 4.78 is 0.914. The van der Waals surface area contributed by atoms with E-state index in [1.165, 1.54) is 0 Å². The van der Waals surface area contributed by atoms with Gasteiger partial charge in [0, 0.05) is 10.7 Å². The fourth-order valence-electron chi connectivity index (χ4n) is 2.22. The maximum atomic E-state index is 10.9. The fraction of sp³-hybridized carbons (Fsp3) is 0.500. The third-order valence-corrected chi connectivity index (χ3v) is 3.51. The Morgan fingerprint density at radius 3 is 2.71 bits per heavy atom. The third kappa shape index (κ3) is 3.26. The summed E-state index contributed by atoms with van der Waals surface area (Å²) in [5, 5.41) is 9.00. The Morgan fingerprint density at radius 2 is 2.18 bits per heavy atom.